The molecule has 0 fully saturated rings. The van der Waals surface area contributed by atoms with Crippen LogP contribution in [-0.2, 0) is 0 Å². The minimum Gasteiger partial charge on any atom is -0.492 e. The molecule has 0 unspecified atom stereocenters. The molecule has 0 aliphatic rings. The van der Waals surface area contributed by atoms with Crippen molar-refractivity contribution in [1.82, 2.24) is 5.32 Å². The molecule has 0 atom stereocenters. The molecule has 1 aromatic carbocycles. The van der Waals surface area contributed by atoms with Crippen molar-refractivity contribution in [3.8, 4) is 5.75 Å². The van der Waals surface area contributed by atoms with Crippen LogP contribution in [0.5, 0.6) is 5.75 Å². The van der Waals surface area contributed by atoms with Crippen LogP contribution in [0.4, 0.5) is 0 Å². The van der Waals surface area contributed by atoms with Crippen molar-refractivity contribution < 1.29 is 9.53 Å². The molecule has 0 aliphatic heterocycles. The first kappa shape index (κ1) is 13.8. The summed E-state index contributed by atoms with van der Waals surface area (Å²) < 4.78 is 5.31. The Hall–Kier alpha value is -1.22. The lowest BCUT2D eigenvalue weighted by Gasteiger charge is -2.20. The first-order valence-corrected chi connectivity index (χ1v) is 5.96. The van der Waals surface area contributed by atoms with Gasteiger partial charge in [-0.15, -0.1) is 0 Å². The highest BCUT2D eigenvalue weighted by atomic mass is 35.5. The summed E-state index contributed by atoms with van der Waals surface area (Å²) in [5, 5.41) is 3.33. The lowest BCUT2D eigenvalue weighted by Crippen LogP contribution is -2.40. The van der Waals surface area contributed by atoms with Gasteiger partial charge in [-0.3, -0.25) is 4.79 Å². The van der Waals surface area contributed by atoms with Crippen molar-refractivity contribution in [2.45, 2.75) is 33.2 Å². The molecule has 1 aromatic rings. The van der Waals surface area contributed by atoms with Crippen molar-refractivity contribution in [3.63, 3.8) is 0 Å². The number of halogens is 1. The Balaban J connectivity index is 2.86. The van der Waals surface area contributed by atoms with E-state index < -0.39 is 0 Å². The van der Waals surface area contributed by atoms with Crippen LogP contribution >= 0.6 is 11.6 Å². The third-order valence-corrected chi connectivity index (χ3v) is 2.28. The number of rotatable bonds is 3. The van der Waals surface area contributed by atoms with E-state index in [-0.39, 0.29) is 11.4 Å². The van der Waals surface area contributed by atoms with Gasteiger partial charge in [0.05, 0.1) is 11.6 Å². The number of benzene rings is 1. The van der Waals surface area contributed by atoms with E-state index in [1.54, 1.807) is 18.2 Å². The van der Waals surface area contributed by atoms with E-state index in [0.29, 0.717) is 22.9 Å². The fourth-order valence-electron chi connectivity index (χ4n) is 1.33. The molecule has 3 nitrogen and oxygen atoms in total. The molecule has 1 amide bonds. The molecule has 4 heteroatoms. The summed E-state index contributed by atoms with van der Waals surface area (Å²) in [4.78, 5) is 11.9. The summed E-state index contributed by atoms with van der Waals surface area (Å²) >= 11 is 6.02. The largest absolute Gasteiger partial charge is 0.492 e. The van der Waals surface area contributed by atoms with Gasteiger partial charge in [0.2, 0.25) is 0 Å². The molecule has 0 saturated heterocycles. The van der Waals surface area contributed by atoms with Gasteiger partial charge in [-0.05, 0) is 45.9 Å². The van der Waals surface area contributed by atoms with Gasteiger partial charge in [-0.2, -0.15) is 0 Å². The highest BCUT2D eigenvalue weighted by molar-refractivity contribution is 6.32. The van der Waals surface area contributed by atoms with Crippen LogP contribution < -0.4 is 10.1 Å². The molecule has 0 bridgehead atoms. The molecule has 0 saturated carbocycles. The van der Waals surface area contributed by atoms with E-state index in [1.807, 2.05) is 27.7 Å². The Morgan fingerprint density at radius 1 is 1.41 bits per heavy atom. The summed E-state index contributed by atoms with van der Waals surface area (Å²) in [5.41, 5.74) is 0.274. The van der Waals surface area contributed by atoms with Crippen molar-refractivity contribution >= 4 is 17.5 Å². The van der Waals surface area contributed by atoms with Crippen molar-refractivity contribution in [3.05, 3.63) is 28.8 Å². The fourth-order valence-corrected chi connectivity index (χ4v) is 1.56. The third-order valence-electron chi connectivity index (χ3n) is 1.98. The minimum absolute atomic E-state index is 0.137. The number of hydrogen-bond donors (Lipinski definition) is 1. The zero-order valence-corrected chi connectivity index (χ0v) is 11.4. The average molecular weight is 256 g/mol. The van der Waals surface area contributed by atoms with Crippen molar-refractivity contribution in [2.24, 2.45) is 0 Å². The van der Waals surface area contributed by atoms with E-state index in [0.717, 1.165) is 0 Å². The average Bonchev–Trinajstić information content (AvgIpc) is 2.18. The summed E-state index contributed by atoms with van der Waals surface area (Å²) in [7, 11) is 0. The third kappa shape index (κ3) is 4.27. The minimum atomic E-state index is -0.262. The number of amides is 1. The quantitative estimate of drug-likeness (QED) is 0.900. The molecule has 94 valence electrons. The Morgan fingerprint density at radius 3 is 2.53 bits per heavy atom. The molecule has 1 rings (SSSR count). The zero-order valence-electron chi connectivity index (χ0n) is 10.6. The Labute approximate surface area is 107 Å². The lowest BCUT2D eigenvalue weighted by molar-refractivity contribution is 0.0919. The molecule has 0 radical (unpaired) electrons. The van der Waals surface area contributed by atoms with E-state index >= 15 is 0 Å². The molecule has 17 heavy (non-hydrogen) atoms. The molecular weight excluding hydrogens is 238 g/mol. The van der Waals surface area contributed by atoms with Crippen LogP contribution in [0.15, 0.2) is 18.2 Å². The normalized spacial score (nSPS) is 11.1. The zero-order chi connectivity index (χ0) is 13.1. The van der Waals surface area contributed by atoms with E-state index in [9.17, 15) is 4.79 Å². The summed E-state index contributed by atoms with van der Waals surface area (Å²) in [5.74, 6) is 0.462. The molecule has 0 heterocycles. The van der Waals surface area contributed by atoms with Crippen molar-refractivity contribution in [2.75, 3.05) is 6.61 Å². The SMILES string of the molecule is CCOc1ccc(C(=O)NC(C)(C)C)cc1Cl. The summed E-state index contributed by atoms with van der Waals surface area (Å²) in [6.07, 6.45) is 0. The van der Waals surface area contributed by atoms with Gasteiger partial charge < -0.3 is 10.1 Å². The number of carbonyl (C=O) groups is 1. The van der Waals surface area contributed by atoms with Gasteiger partial charge in [0, 0.05) is 11.1 Å². The number of hydrogen-bond acceptors (Lipinski definition) is 2. The van der Waals surface area contributed by atoms with E-state index in [1.165, 1.54) is 0 Å². The monoisotopic (exact) mass is 255 g/mol. The van der Waals surface area contributed by atoms with Gasteiger partial charge in [0.25, 0.3) is 5.91 Å². The first-order valence-electron chi connectivity index (χ1n) is 5.58. The highest BCUT2D eigenvalue weighted by Crippen LogP contribution is 2.25. The molecule has 0 spiro atoms. The standard InChI is InChI=1S/C13H18ClNO2/c1-5-17-11-7-6-9(8-10(11)14)12(16)15-13(2,3)4/h6-8H,5H2,1-4H3,(H,15,16). The maximum absolute atomic E-state index is 11.9. The first-order chi connectivity index (χ1) is 7.83. The predicted octanol–water partition coefficient (Wildman–Crippen LogP) is 3.27. The van der Waals surface area contributed by atoms with Crippen LogP contribution in [0.1, 0.15) is 38.1 Å². The maximum Gasteiger partial charge on any atom is 0.251 e. The second kappa shape index (κ2) is 5.41. The second-order valence-electron chi connectivity index (χ2n) is 4.78. The van der Waals surface area contributed by atoms with Gasteiger partial charge >= 0.3 is 0 Å². The highest BCUT2D eigenvalue weighted by Gasteiger charge is 2.16. The van der Waals surface area contributed by atoms with Crippen LogP contribution in [0.25, 0.3) is 0 Å². The van der Waals surface area contributed by atoms with Gasteiger partial charge in [0.1, 0.15) is 5.75 Å². The molecule has 0 aromatic heterocycles. The number of carbonyl (C=O) groups excluding carboxylic acids is 1. The number of ether oxygens (including phenoxy) is 1. The Bertz CT molecular complexity index is 410. The van der Waals surface area contributed by atoms with Gasteiger partial charge in [-0.1, -0.05) is 11.6 Å². The van der Waals surface area contributed by atoms with Crippen LogP contribution in [-0.4, -0.2) is 18.1 Å². The molecule has 1 N–H and O–H groups in total. The predicted molar refractivity (Wildman–Crippen MR) is 69.8 cm³/mol. The number of nitrogens with one attached hydrogen (secondary N) is 1. The van der Waals surface area contributed by atoms with E-state index in [2.05, 4.69) is 5.32 Å². The van der Waals surface area contributed by atoms with Gasteiger partial charge in [0.15, 0.2) is 0 Å². The topological polar surface area (TPSA) is 38.3 Å². The Kier molecular flexibility index (Phi) is 4.40. The van der Waals surface area contributed by atoms with Crippen molar-refractivity contribution in [1.29, 1.82) is 0 Å². The van der Waals surface area contributed by atoms with Crippen LogP contribution in [0.3, 0.4) is 0 Å². The lowest BCUT2D eigenvalue weighted by atomic mass is 10.1. The Morgan fingerprint density at radius 2 is 2.06 bits per heavy atom. The van der Waals surface area contributed by atoms with Gasteiger partial charge in [-0.25, -0.2) is 0 Å². The van der Waals surface area contributed by atoms with Crippen LogP contribution in [0, 0.1) is 0 Å². The second-order valence-corrected chi connectivity index (χ2v) is 5.19. The summed E-state index contributed by atoms with van der Waals surface area (Å²) in [6, 6.07) is 5.04. The van der Waals surface area contributed by atoms with Crippen LogP contribution in [0.2, 0.25) is 5.02 Å². The van der Waals surface area contributed by atoms with E-state index in [4.69, 9.17) is 16.3 Å². The maximum atomic E-state index is 11.9. The fraction of sp³-hybridized carbons (Fsp3) is 0.462. The summed E-state index contributed by atoms with van der Waals surface area (Å²) in [6.45, 7) is 8.23. The molecular formula is C13H18ClNO2. The molecule has 0 aliphatic carbocycles. The smallest absolute Gasteiger partial charge is 0.251 e.